The van der Waals surface area contributed by atoms with Crippen molar-refractivity contribution in [3.05, 3.63) is 54.0 Å². The maximum atomic E-state index is 13.7. The zero-order valence-electron chi connectivity index (χ0n) is 17.9. The molecule has 2 aromatic heterocycles. The first-order valence-corrected chi connectivity index (χ1v) is 9.44. The molecule has 0 atom stereocenters. The van der Waals surface area contributed by atoms with Gasteiger partial charge < -0.3 is 27.9 Å². The molecule has 31 heavy (non-hydrogen) atoms. The molecule has 8 nitrogen and oxygen atoms in total. The van der Waals surface area contributed by atoms with Crippen LogP contribution in [0.2, 0.25) is 0 Å². The predicted molar refractivity (Wildman–Crippen MR) is 114 cm³/mol. The molecule has 0 aliphatic rings. The van der Waals surface area contributed by atoms with Crippen molar-refractivity contribution < 1.29 is 28.2 Å². The van der Waals surface area contributed by atoms with Gasteiger partial charge in [0.25, 0.3) is 0 Å². The molecule has 0 bridgehead atoms. The molecule has 0 spiro atoms. The van der Waals surface area contributed by atoms with Crippen molar-refractivity contribution in [2.45, 2.75) is 0 Å². The number of benzene rings is 2. The highest BCUT2D eigenvalue weighted by atomic mass is 16.5. The number of hydrogen-bond acceptors (Lipinski definition) is 7. The fraction of sp³-hybridized carbons (Fsp3) is 0.217. The molecule has 4 rings (SSSR count). The van der Waals surface area contributed by atoms with Crippen LogP contribution in [-0.4, -0.2) is 43.8 Å². The largest absolute Gasteiger partial charge is 0.497 e. The van der Waals surface area contributed by atoms with E-state index in [1.807, 2.05) is 7.05 Å². The maximum absolute atomic E-state index is 13.7. The van der Waals surface area contributed by atoms with E-state index in [4.69, 9.17) is 23.4 Å². The van der Waals surface area contributed by atoms with Gasteiger partial charge in [0, 0.05) is 30.3 Å². The lowest BCUT2D eigenvalue weighted by Gasteiger charge is -2.13. The van der Waals surface area contributed by atoms with Crippen molar-refractivity contribution in [1.82, 2.24) is 9.55 Å². The van der Waals surface area contributed by atoms with Crippen LogP contribution in [0.1, 0.15) is 15.9 Å². The SMILES string of the molecule is COc1ccc2c(C(=O)c3cc(OC)c(OC)c(OC)c3)c(-c3cn(C)cn3)oc2c1. The molecule has 4 aromatic rings. The number of hydrogen-bond donors (Lipinski definition) is 0. The van der Waals surface area contributed by atoms with Crippen molar-refractivity contribution in [2.75, 3.05) is 28.4 Å². The molecule has 8 heteroatoms. The summed E-state index contributed by atoms with van der Waals surface area (Å²) < 4.78 is 29.4. The summed E-state index contributed by atoms with van der Waals surface area (Å²) in [6, 6.07) is 8.57. The minimum atomic E-state index is -0.260. The number of carbonyl (C=O) groups excluding carboxylic acids is 1. The first-order chi connectivity index (χ1) is 15.0. The summed E-state index contributed by atoms with van der Waals surface area (Å²) in [5.74, 6) is 1.93. The normalized spacial score (nSPS) is 10.9. The Kier molecular flexibility index (Phi) is 5.29. The second-order valence-corrected chi connectivity index (χ2v) is 6.84. The summed E-state index contributed by atoms with van der Waals surface area (Å²) in [6.45, 7) is 0. The van der Waals surface area contributed by atoms with Crippen molar-refractivity contribution in [2.24, 2.45) is 7.05 Å². The van der Waals surface area contributed by atoms with Crippen molar-refractivity contribution in [1.29, 1.82) is 0 Å². The van der Waals surface area contributed by atoms with E-state index in [-0.39, 0.29) is 5.78 Å². The Bertz CT molecular complexity index is 1250. The molecule has 0 N–H and O–H groups in total. The van der Waals surface area contributed by atoms with Gasteiger partial charge in [0.05, 0.1) is 40.3 Å². The van der Waals surface area contributed by atoms with Gasteiger partial charge in [0.1, 0.15) is 17.0 Å². The number of aryl methyl sites for hydroxylation is 1. The number of rotatable bonds is 7. The summed E-state index contributed by atoms with van der Waals surface area (Å²) in [6.07, 6.45) is 3.44. The summed E-state index contributed by atoms with van der Waals surface area (Å²) >= 11 is 0. The van der Waals surface area contributed by atoms with Crippen LogP contribution in [0, 0.1) is 0 Å². The Labute approximate surface area is 178 Å². The molecule has 2 heterocycles. The molecule has 0 aliphatic heterocycles. The number of fused-ring (bicyclic) bond motifs is 1. The van der Waals surface area contributed by atoms with Crippen molar-refractivity contribution in [3.63, 3.8) is 0 Å². The van der Waals surface area contributed by atoms with E-state index < -0.39 is 0 Å². The van der Waals surface area contributed by atoms with Gasteiger partial charge >= 0.3 is 0 Å². The summed E-state index contributed by atoms with van der Waals surface area (Å²) in [5.41, 5.74) is 1.83. The van der Waals surface area contributed by atoms with E-state index in [1.165, 1.54) is 21.3 Å². The maximum Gasteiger partial charge on any atom is 0.203 e. The number of ketones is 1. The average molecular weight is 422 g/mol. The molecule has 0 aliphatic carbocycles. The molecule has 0 unspecified atom stereocenters. The first-order valence-electron chi connectivity index (χ1n) is 9.44. The average Bonchev–Trinajstić information content (AvgIpc) is 3.40. The van der Waals surface area contributed by atoms with Crippen LogP contribution in [0.15, 0.2) is 47.3 Å². The lowest BCUT2D eigenvalue weighted by atomic mass is 9.98. The molecule has 0 saturated carbocycles. The Morgan fingerprint density at radius 2 is 1.68 bits per heavy atom. The van der Waals surface area contributed by atoms with Gasteiger partial charge in [0.2, 0.25) is 5.75 Å². The van der Waals surface area contributed by atoms with Gasteiger partial charge in [0.15, 0.2) is 23.0 Å². The van der Waals surface area contributed by atoms with Crippen LogP contribution in [0.4, 0.5) is 0 Å². The Morgan fingerprint density at radius 3 is 2.23 bits per heavy atom. The first kappa shape index (κ1) is 20.3. The molecule has 0 fully saturated rings. The highest BCUT2D eigenvalue weighted by Gasteiger charge is 2.27. The highest BCUT2D eigenvalue weighted by molar-refractivity contribution is 6.19. The number of ether oxygens (including phenoxy) is 4. The second-order valence-electron chi connectivity index (χ2n) is 6.84. The monoisotopic (exact) mass is 422 g/mol. The van der Waals surface area contributed by atoms with E-state index in [2.05, 4.69) is 4.98 Å². The Hall–Kier alpha value is -3.94. The number of aromatic nitrogens is 2. The second kappa shape index (κ2) is 8.06. The lowest BCUT2D eigenvalue weighted by Crippen LogP contribution is -2.05. The van der Waals surface area contributed by atoms with Crippen LogP contribution < -0.4 is 18.9 Å². The van der Waals surface area contributed by atoms with E-state index in [0.717, 1.165) is 0 Å². The van der Waals surface area contributed by atoms with Crippen LogP contribution >= 0.6 is 0 Å². The smallest absolute Gasteiger partial charge is 0.203 e. The third-order valence-electron chi connectivity index (χ3n) is 4.99. The fourth-order valence-corrected chi connectivity index (χ4v) is 3.50. The molecule has 0 radical (unpaired) electrons. The van der Waals surface area contributed by atoms with Gasteiger partial charge in [-0.05, 0) is 24.3 Å². The number of furan rings is 1. The summed E-state index contributed by atoms with van der Waals surface area (Å²) in [5, 5.41) is 0.653. The van der Waals surface area contributed by atoms with E-state index in [0.29, 0.717) is 56.5 Å². The lowest BCUT2D eigenvalue weighted by molar-refractivity contribution is 0.103. The minimum Gasteiger partial charge on any atom is -0.497 e. The van der Waals surface area contributed by atoms with E-state index >= 15 is 0 Å². The summed E-state index contributed by atoms with van der Waals surface area (Å²) in [7, 11) is 7.95. The number of carbonyl (C=O) groups is 1. The highest BCUT2D eigenvalue weighted by Crippen LogP contribution is 2.41. The Morgan fingerprint density at radius 1 is 0.968 bits per heavy atom. The van der Waals surface area contributed by atoms with Gasteiger partial charge in [-0.15, -0.1) is 0 Å². The van der Waals surface area contributed by atoms with Crippen LogP contribution in [-0.2, 0) is 7.05 Å². The summed E-state index contributed by atoms with van der Waals surface area (Å²) in [4.78, 5) is 18.1. The number of imidazole rings is 1. The van der Waals surface area contributed by atoms with Crippen LogP contribution in [0.5, 0.6) is 23.0 Å². The topological polar surface area (TPSA) is 85.0 Å². The zero-order valence-corrected chi connectivity index (χ0v) is 17.9. The van der Waals surface area contributed by atoms with Gasteiger partial charge in [-0.2, -0.15) is 0 Å². The standard InChI is InChI=1S/C23H22N2O6/c1-25-11-16(24-12-25)22-20(15-7-6-14(27-2)10-17(15)31-22)21(26)13-8-18(28-3)23(30-5)19(9-13)29-4/h6-12H,1-5H3. The molecular formula is C23H22N2O6. The molecule has 160 valence electrons. The Balaban J connectivity index is 1.95. The van der Waals surface area contributed by atoms with Crippen molar-refractivity contribution >= 4 is 16.8 Å². The molecular weight excluding hydrogens is 400 g/mol. The number of methoxy groups -OCH3 is 4. The van der Waals surface area contributed by atoms with Gasteiger partial charge in [-0.25, -0.2) is 4.98 Å². The van der Waals surface area contributed by atoms with Crippen molar-refractivity contribution in [3.8, 4) is 34.5 Å². The third kappa shape index (κ3) is 3.46. The predicted octanol–water partition coefficient (Wildman–Crippen LogP) is 4.10. The van der Waals surface area contributed by atoms with E-state index in [9.17, 15) is 4.79 Å². The fourth-order valence-electron chi connectivity index (χ4n) is 3.50. The van der Waals surface area contributed by atoms with Crippen LogP contribution in [0.25, 0.3) is 22.4 Å². The van der Waals surface area contributed by atoms with Gasteiger partial charge in [-0.3, -0.25) is 4.79 Å². The zero-order chi connectivity index (χ0) is 22.1. The quantitative estimate of drug-likeness (QED) is 0.415. The van der Waals surface area contributed by atoms with E-state index in [1.54, 1.807) is 54.5 Å². The van der Waals surface area contributed by atoms with Gasteiger partial charge in [-0.1, -0.05) is 0 Å². The minimum absolute atomic E-state index is 0.260. The molecule has 2 aromatic carbocycles. The number of nitrogens with zero attached hydrogens (tertiary/aromatic N) is 2. The molecule has 0 saturated heterocycles. The molecule has 0 amide bonds. The van der Waals surface area contributed by atoms with Crippen LogP contribution in [0.3, 0.4) is 0 Å². The third-order valence-corrected chi connectivity index (χ3v) is 4.99.